The molecule has 104 valence electrons. The molecule has 2 heterocycles. The van der Waals surface area contributed by atoms with Crippen LogP contribution in [0.1, 0.15) is 42.8 Å². The molecule has 0 saturated carbocycles. The molecule has 1 N–H and O–H groups in total. The van der Waals surface area contributed by atoms with Gasteiger partial charge in [0.1, 0.15) is 6.10 Å². The van der Waals surface area contributed by atoms with Crippen molar-refractivity contribution in [2.24, 2.45) is 0 Å². The number of carbonyl (C=O) groups excluding carboxylic acids is 2. The second kappa shape index (κ2) is 6.30. The number of carbonyl (C=O) groups is 2. The average molecular weight is 281 g/mol. The Morgan fingerprint density at radius 3 is 2.89 bits per heavy atom. The lowest BCUT2D eigenvalue weighted by atomic mass is 10.1. The van der Waals surface area contributed by atoms with Gasteiger partial charge in [0.2, 0.25) is 5.91 Å². The third kappa shape index (κ3) is 3.88. The Labute approximate surface area is 117 Å². The Kier molecular flexibility index (Phi) is 4.71. The first kappa shape index (κ1) is 14.2. The van der Waals surface area contributed by atoms with Crippen LogP contribution in [-0.4, -0.2) is 29.9 Å². The highest BCUT2D eigenvalue weighted by atomic mass is 32.1. The fourth-order valence-corrected chi connectivity index (χ4v) is 2.87. The third-order valence-electron chi connectivity index (χ3n) is 3.20. The van der Waals surface area contributed by atoms with Gasteiger partial charge in [0.15, 0.2) is 5.78 Å². The van der Waals surface area contributed by atoms with Crippen LogP contribution < -0.4 is 5.32 Å². The van der Waals surface area contributed by atoms with E-state index in [9.17, 15) is 9.59 Å². The molecule has 5 heteroatoms. The van der Waals surface area contributed by atoms with Crippen LogP contribution in [0.15, 0.2) is 17.5 Å². The molecule has 3 atom stereocenters. The number of rotatable bonds is 5. The fraction of sp³-hybridized carbons (Fsp3) is 0.571. The molecular formula is C14H19NO3S. The Morgan fingerprint density at radius 2 is 2.32 bits per heavy atom. The molecule has 1 aromatic rings. The van der Waals surface area contributed by atoms with Crippen LogP contribution in [0, 0.1) is 0 Å². The summed E-state index contributed by atoms with van der Waals surface area (Å²) in [6.45, 7) is 3.82. The van der Waals surface area contributed by atoms with Crippen molar-refractivity contribution in [1.82, 2.24) is 5.32 Å². The topological polar surface area (TPSA) is 55.4 Å². The van der Waals surface area contributed by atoms with Crippen LogP contribution in [0.2, 0.25) is 0 Å². The zero-order valence-electron chi connectivity index (χ0n) is 11.2. The van der Waals surface area contributed by atoms with Crippen molar-refractivity contribution in [3.63, 3.8) is 0 Å². The third-order valence-corrected chi connectivity index (χ3v) is 4.11. The number of nitrogens with one attached hydrogen (secondary N) is 1. The predicted octanol–water partition coefficient (Wildman–Crippen LogP) is 2.39. The van der Waals surface area contributed by atoms with E-state index in [0.717, 1.165) is 17.7 Å². The summed E-state index contributed by atoms with van der Waals surface area (Å²) in [4.78, 5) is 24.6. The van der Waals surface area contributed by atoms with Gasteiger partial charge in [-0.3, -0.25) is 9.59 Å². The van der Waals surface area contributed by atoms with Crippen molar-refractivity contribution in [3.8, 4) is 0 Å². The summed E-state index contributed by atoms with van der Waals surface area (Å²) in [5, 5.41) is 4.73. The fourth-order valence-electron chi connectivity index (χ4n) is 2.20. The van der Waals surface area contributed by atoms with Gasteiger partial charge in [-0.05, 0) is 38.1 Å². The largest absolute Gasteiger partial charge is 0.365 e. The molecule has 1 fully saturated rings. The second-order valence-corrected chi connectivity index (χ2v) is 5.97. The number of hydrogen-bond acceptors (Lipinski definition) is 4. The quantitative estimate of drug-likeness (QED) is 0.843. The van der Waals surface area contributed by atoms with Gasteiger partial charge in [-0.2, -0.15) is 0 Å². The summed E-state index contributed by atoms with van der Waals surface area (Å²) in [7, 11) is 0. The molecule has 1 aliphatic rings. The molecule has 0 unspecified atom stereocenters. The van der Waals surface area contributed by atoms with E-state index in [1.165, 1.54) is 11.3 Å². The van der Waals surface area contributed by atoms with Crippen molar-refractivity contribution in [2.75, 3.05) is 0 Å². The standard InChI is InChI=1S/C14H19NO3S/c1-9(8-11(16)13-4-3-7-19-13)15-14(17)12-6-5-10(2)18-12/h3-4,7,9-10,12H,5-6,8H2,1-2H3,(H,15,17)/t9-,10+,12-/m1/s1. The predicted molar refractivity (Wildman–Crippen MR) is 74.4 cm³/mol. The smallest absolute Gasteiger partial charge is 0.249 e. The van der Waals surface area contributed by atoms with Crippen LogP contribution in [0.25, 0.3) is 0 Å². The van der Waals surface area contributed by atoms with Crippen molar-refractivity contribution in [2.45, 2.75) is 51.4 Å². The number of hydrogen-bond donors (Lipinski definition) is 1. The van der Waals surface area contributed by atoms with E-state index in [-0.39, 0.29) is 29.9 Å². The number of amides is 1. The molecule has 0 aromatic carbocycles. The highest BCUT2D eigenvalue weighted by Crippen LogP contribution is 2.19. The minimum Gasteiger partial charge on any atom is -0.365 e. The molecule has 1 aliphatic heterocycles. The van der Waals surface area contributed by atoms with Crippen molar-refractivity contribution >= 4 is 23.0 Å². The zero-order valence-corrected chi connectivity index (χ0v) is 12.0. The van der Waals surface area contributed by atoms with E-state index >= 15 is 0 Å². The van der Waals surface area contributed by atoms with Crippen molar-refractivity contribution in [1.29, 1.82) is 0 Å². The van der Waals surface area contributed by atoms with Crippen molar-refractivity contribution < 1.29 is 14.3 Å². The first-order valence-corrected chi connectivity index (χ1v) is 7.46. The Bertz CT molecular complexity index is 444. The maximum atomic E-state index is 11.9. The van der Waals surface area contributed by atoms with Gasteiger partial charge in [0.25, 0.3) is 0 Å². The Hall–Kier alpha value is -1.20. The zero-order chi connectivity index (χ0) is 13.8. The number of ether oxygens (including phenoxy) is 1. The molecule has 0 spiro atoms. The highest BCUT2D eigenvalue weighted by molar-refractivity contribution is 7.12. The van der Waals surface area contributed by atoms with Crippen LogP contribution >= 0.6 is 11.3 Å². The van der Waals surface area contributed by atoms with Gasteiger partial charge in [-0.1, -0.05) is 6.07 Å². The van der Waals surface area contributed by atoms with E-state index in [4.69, 9.17) is 4.74 Å². The van der Waals surface area contributed by atoms with Crippen LogP contribution in [0.3, 0.4) is 0 Å². The molecule has 1 aromatic heterocycles. The van der Waals surface area contributed by atoms with E-state index < -0.39 is 0 Å². The Balaban J connectivity index is 1.79. The van der Waals surface area contributed by atoms with Crippen LogP contribution in [-0.2, 0) is 9.53 Å². The summed E-state index contributed by atoms with van der Waals surface area (Å²) in [5.41, 5.74) is 0. The maximum absolute atomic E-state index is 11.9. The van der Waals surface area contributed by atoms with Crippen LogP contribution in [0.5, 0.6) is 0 Å². The number of ketones is 1. The summed E-state index contributed by atoms with van der Waals surface area (Å²) >= 11 is 1.43. The summed E-state index contributed by atoms with van der Waals surface area (Å²) < 4.78 is 5.51. The first-order valence-electron chi connectivity index (χ1n) is 6.59. The van der Waals surface area contributed by atoms with E-state index in [2.05, 4.69) is 5.32 Å². The van der Waals surface area contributed by atoms with Gasteiger partial charge in [0.05, 0.1) is 11.0 Å². The molecule has 2 rings (SSSR count). The van der Waals surface area contributed by atoms with E-state index in [0.29, 0.717) is 6.42 Å². The molecule has 1 amide bonds. The SMILES string of the molecule is C[C@H](CC(=O)c1cccs1)NC(=O)[C@H]1CC[C@H](C)O1. The monoisotopic (exact) mass is 281 g/mol. The molecule has 0 aliphatic carbocycles. The molecule has 4 nitrogen and oxygen atoms in total. The summed E-state index contributed by atoms with van der Waals surface area (Å²) in [5.74, 6) is -0.0284. The summed E-state index contributed by atoms with van der Waals surface area (Å²) in [6, 6.07) is 3.50. The van der Waals surface area contributed by atoms with Gasteiger partial charge < -0.3 is 10.1 Å². The van der Waals surface area contributed by atoms with Crippen LogP contribution in [0.4, 0.5) is 0 Å². The molecule has 0 bridgehead atoms. The van der Waals surface area contributed by atoms with Gasteiger partial charge >= 0.3 is 0 Å². The lowest BCUT2D eigenvalue weighted by Gasteiger charge is -2.16. The number of thiophene rings is 1. The van der Waals surface area contributed by atoms with Crippen molar-refractivity contribution in [3.05, 3.63) is 22.4 Å². The molecule has 1 saturated heterocycles. The second-order valence-electron chi connectivity index (χ2n) is 5.03. The molecule has 19 heavy (non-hydrogen) atoms. The number of Topliss-reactive ketones (excluding diaryl/α,β-unsaturated/α-hetero) is 1. The van der Waals surface area contributed by atoms with Gasteiger partial charge in [0, 0.05) is 12.5 Å². The lowest BCUT2D eigenvalue weighted by molar-refractivity contribution is -0.132. The maximum Gasteiger partial charge on any atom is 0.249 e. The molecular weight excluding hydrogens is 262 g/mol. The first-order chi connectivity index (χ1) is 9.06. The Morgan fingerprint density at radius 1 is 1.53 bits per heavy atom. The highest BCUT2D eigenvalue weighted by Gasteiger charge is 2.29. The average Bonchev–Trinajstić information content (AvgIpc) is 2.98. The molecule has 0 radical (unpaired) electrons. The summed E-state index contributed by atoms with van der Waals surface area (Å²) in [6.07, 6.45) is 1.81. The minimum atomic E-state index is -0.353. The van der Waals surface area contributed by atoms with Gasteiger partial charge in [-0.15, -0.1) is 11.3 Å². The lowest BCUT2D eigenvalue weighted by Crippen LogP contribution is -2.40. The van der Waals surface area contributed by atoms with E-state index in [1.54, 1.807) is 0 Å². The normalized spacial score (nSPS) is 24.1. The van der Waals surface area contributed by atoms with E-state index in [1.807, 2.05) is 31.4 Å². The minimum absolute atomic E-state index is 0.0727. The van der Waals surface area contributed by atoms with Gasteiger partial charge in [-0.25, -0.2) is 0 Å².